The van der Waals surface area contributed by atoms with Crippen LogP contribution in [-0.2, 0) is 4.74 Å². The minimum atomic E-state index is -0.107. The molecule has 2 atom stereocenters. The fourth-order valence-corrected chi connectivity index (χ4v) is 2.41. The fourth-order valence-electron chi connectivity index (χ4n) is 2.41. The van der Waals surface area contributed by atoms with Gasteiger partial charge < -0.3 is 15.2 Å². The minimum absolute atomic E-state index is 0.107. The maximum absolute atomic E-state index is 9.50. The first-order valence-corrected chi connectivity index (χ1v) is 7.11. The highest BCUT2D eigenvalue weighted by Gasteiger charge is 2.24. The van der Waals surface area contributed by atoms with E-state index in [1.807, 2.05) is 7.05 Å². The summed E-state index contributed by atoms with van der Waals surface area (Å²) in [4.78, 5) is 2.43. The molecular formula is C14H32N2O2. The lowest BCUT2D eigenvalue weighted by Crippen LogP contribution is -2.46. The van der Waals surface area contributed by atoms with Gasteiger partial charge in [-0.2, -0.15) is 0 Å². The zero-order valence-electron chi connectivity index (χ0n) is 12.8. The van der Waals surface area contributed by atoms with Crippen LogP contribution in [0, 0.1) is 0 Å². The van der Waals surface area contributed by atoms with E-state index in [1.54, 1.807) is 7.11 Å². The molecule has 0 rings (SSSR count). The predicted octanol–water partition coefficient (Wildman–Crippen LogP) is 1.48. The van der Waals surface area contributed by atoms with Gasteiger partial charge in [-0.25, -0.2) is 0 Å². The highest BCUT2D eigenvalue weighted by atomic mass is 16.5. The van der Waals surface area contributed by atoms with E-state index < -0.39 is 0 Å². The molecule has 0 saturated carbocycles. The van der Waals surface area contributed by atoms with Crippen molar-refractivity contribution < 1.29 is 9.84 Å². The van der Waals surface area contributed by atoms with Gasteiger partial charge in [-0.3, -0.25) is 4.90 Å². The summed E-state index contributed by atoms with van der Waals surface area (Å²) in [5.74, 6) is 0. The fraction of sp³-hybridized carbons (Fsp3) is 1.00. The highest BCUT2D eigenvalue weighted by molar-refractivity contribution is 4.84. The van der Waals surface area contributed by atoms with Crippen molar-refractivity contribution in [3.8, 4) is 0 Å². The average molecular weight is 260 g/mol. The summed E-state index contributed by atoms with van der Waals surface area (Å²) in [6.45, 7) is 9.59. The zero-order valence-corrected chi connectivity index (χ0v) is 12.8. The number of aliphatic hydroxyl groups excluding tert-OH is 1. The summed E-state index contributed by atoms with van der Waals surface area (Å²) in [6.07, 6.45) is 3.06. The Kier molecular flexibility index (Phi) is 9.64. The first-order chi connectivity index (χ1) is 8.59. The van der Waals surface area contributed by atoms with E-state index in [2.05, 4.69) is 31.0 Å². The van der Waals surface area contributed by atoms with Gasteiger partial charge in [0.1, 0.15) is 0 Å². The summed E-state index contributed by atoms with van der Waals surface area (Å²) in [7, 11) is 3.68. The molecule has 0 heterocycles. The molecule has 2 unspecified atom stereocenters. The van der Waals surface area contributed by atoms with Gasteiger partial charge in [0.25, 0.3) is 0 Å². The van der Waals surface area contributed by atoms with Gasteiger partial charge in [0.15, 0.2) is 0 Å². The molecule has 110 valence electrons. The summed E-state index contributed by atoms with van der Waals surface area (Å²) in [5, 5.41) is 12.8. The number of ether oxygens (including phenoxy) is 1. The molecule has 0 fully saturated rings. The van der Waals surface area contributed by atoms with Crippen molar-refractivity contribution in [3.05, 3.63) is 0 Å². The average Bonchev–Trinajstić information content (AvgIpc) is 2.40. The van der Waals surface area contributed by atoms with Crippen molar-refractivity contribution in [2.24, 2.45) is 0 Å². The molecule has 18 heavy (non-hydrogen) atoms. The van der Waals surface area contributed by atoms with Gasteiger partial charge in [0.2, 0.25) is 0 Å². The maximum atomic E-state index is 9.50. The van der Waals surface area contributed by atoms with Crippen LogP contribution in [0.25, 0.3) is 0 Å². The number of rotatable bonds is 11. The normalized spacial score (nSPS) is 16.8. The maximum Gasteiger partial charge on any atom is 0.0615 e. The van der Waals surface area contributed by atoms with E-state index in [9.17, 15) is 5.11 Å². The molecule has 0 bridgehead atoms. The van der Waals surface area contributed by atoms with E-state index in [4.69, 9.17) is 4.74 Å². The van der Waals surface area contributed by atoms with E-state index in [0.29, 0.717) is 6.04 Å². The van der Waals surface area contributed by atoms with E-state index in [0.717, 1.165) is 39.0 Å². The van der Waals surface area contributed by atoms with Gasteiger partial charge in [-0.1, -0.05) is 13.8 Å². The Morgan fingerprint density at radius 1 is 1.39 bits per heavy atom. The second-order valence-electron chi connectivity index (χ2n) is 5.08. The Labute approximate surface area is 113 Å². The Morgan fingerprint density at radius 3 is 2.44 bits per heavy atom. The minimum Gasteiger partial charge on any atom is -0.394 e. The zero-order chi connectivity index (χ0) is 14.0. The first kappa shape index (κ1) is 17.8. The monoisotopic (exact) mass is 260 g/mol. The van der Waals surface area contributed by atoms with Crippen LogP contribution < -0.4 is 5.32 Å². The molecule has 4 heteroatoms. The lowest BCUT2D eigenvalue weighted by molar-refractivity contribution is 0.0951. The molecular weight excluding hydrogens is 228 g/mol. The van der Waals surface area contributed by atoms with Crippen molar-refractivity contribution >= 4 is 0 Å². The number of nitrogens with zero attached hydrogens (tertiary/aromatic N) is 1. The molecule has 0 aliphatic rings. The van der Waals surface area contributed by atoms with Crippen LogP contribution in [0.3, 0.4) is 0 Å². The molecule has 0 aromatic rings. The van der Waals surface area contributed by atoms with Crippen LogP contribution in [0.15, 0.2) is 0 Å². The van der Waals surface area contributed by atoms with Gasteiger partial charge in [0.05, 0.1) is 13.2 Å². The SMILES string of the molecule is CCN(CCCC(CC)(CO)NC)C(C)COC. The quantitative estimate of drug-likeness (QED) is 0.591. The van der Waals surface area contributed by atoms with E-state index in [-0.39, 0.29) is 12.1 Å². The number of hydrogen-bond donors (Lipinski definition) is 2. The smallest absolute Gasteiger partial charge is 0.0615 e. The molecule has 0 aromatic carbocycles. The van der Waals surface area contributed by atoms with Crippen LogP contribution >= 0.6 is 0 Å². The third-order valence-electron chi connectivity index (χ3n) is 4.05. The van der Waals surface area contributed by atoms with Crippen LogP contribution in [0.4, 0.5) is 0 Å². The highest BCUT2D eigenvalue weighted by Crippen LogP contribution is 2.17. The third kappa shape index (κ3) is 5.65. The Bertz CT molecular complexity index is 188. The lowest BCUT2D eigenvalue weighted by Gasteiger charge is -2.33. The second-order valence-corrected chi connectivity index (χ2v) is 5.08. The van der Waals surface area contributed by atoms with Crippen LogP contribution in [-0.4, -0.2) is 62.0 Å². The number of likely N-dealkylation sites (N-methyl/N-ethyl adjacent to an activating group) is 2. The third-order valence-corrected chi connectivity index (χ3v) is 4.05. The molecule has 0 spiro atoms. The van der Waals surface area contributed by atoms with Gasteiger partial charge in [-0.15, -0.1) is 0 Å². The van der Waals surface area contributed by atoms with Crippen LogP contribution in [0.1, 0.15) is 40.0 Å². The number of hydrogen-bond acceptors (Lipinski definition) is 4. The van der Waals surface area contributed by atoms with Crippen LogP contribution in [0.5, 0.6) is 0 Å². The van der Waals surface area contributed by atoms with Gasteiger partial charge >= 0.3 is 0 Å². The molecule has 0 aliphatic heterocycles. The summed E-state index contributed by atoms with van der Waals surface area (Å²) in [6, 6.07) is 0.458. The Balaban J connectivity index is 4.13. The molecule has 4 nitrogen and oxygen atoms in total. The summed E-state index contributed by atoms with van der Waals surface area (Å²) < 4.78 is 5.20. The number of nitrogens with one attached hydrogen (secondary N) is 1. The van der Waals surface area contributed by atoms with Crippen molar-refractivity contribution in [3.63, 3.8) is 0 Å². The molecule has 0 radical (unpaired) electrons. The van der Waals surface area contributed by atoms with Crippen molar-refractivity contribution in [1.29, 1.82) is 0 Å². The topological polar surface area (TPSA) is 44.7 Å². The van der Waals surface area contributed by atoms with E-state index >= 15 is 0 Å². The summed E-state index contributed by atoms with van der Waals surface area (Å²) >= 11 is 0. The predicted molar refractivity (Wildman–Crippen MR) is 77.0 cm³/mol. The lowest BCUT2D eigenvalue weighted by atomic mass is 9.91. The van der Waals surface area contributed by atoms with Crippen LogP contribution in [0.2, 0.25) is 0 Å². The Morgan fingerprint density at radius 2 is 2.06 bits per heavy atom. The molecule has 2 N–H and O–H groups in total. The Hall–Kier alpha value is -0.160. The van der Waals surface area contributed by atoms with Gasteiger partial charge in [0, 0.05) is 18.7 Å². The van der Waals surface area contributed by atoms with Gasteiger partial charge in [-0.05, 0) is 46.3 Å². The first-order valence-electron chi connectivity index (χ1n) is 7.11. The molecule has 0 amide bonds. The second kappa shape index (κ2) is 9.73. The van der Waals surface area contributed by atoms with Crippen molar-refractivity contribution in [2.45, 2.75) is 51.6 Å². The van der Waals surface area contributed by atoms with E-state index in [1.165, 1.54) is 0 Å². The summed E-state index contributed by atoms with van der Waals surface area (Å²) in [5.41, 5.74) is -0.107. The van der Waals surface area contributed by atoms with Crippen molar-refractivity contribution in [2.75, 3.05) is 40.5 Å². The molecule has 0 saturated heterocycles. The number of methoxy groups -OCH3 is 1. The standard InChI is InChI=1S/C14H32N2O2/c1-6-14(12-17,15-4)9-8-10-16(7-2)13(3)11-18-5/h13,15,17H,6-12H2,1-5H3. The largest absolute Gasteiger partial charge is 0.394 e. The molecule has 0 aromatic heterocycles. The molecule has 0 aliphatic carbocycles. The van der Waals surface area contributed by atoms with Crippen molar-refractivity contribution in [1.82, 2.24) is 10.2 Å². The number of aliphatic hydroxyl groups is 1.